The lowest BCUT2D eigenvalue weighted by Crippen LogP contribution is -2.30. The molecule has 0 aromatic carbocycles. The molecule has 0 aliphatic carbocycles. The Labute approximate surface area is 443 Å². The van der Waals surface area contributed by atoms with Crippen molar-refractivity contribution in [3.63, 3.8) is 0 Å². The standard InChI is InChI=1S/C66H108O6/c1-4-7-10-13-16-19-22-23-24-25-26-27-28-29-30-31-32-33-34-35-36-37-38-39-40-41-42-43-45-47-50-53-56-59-65(68)71-62-63(61-70-64(67)58-55-52-49-46-21-18-15-12-9-6-3)72-66(69)60-57-54-51-48-44-20-17-14-11-8-5-2/h7,10,16,19,23-24,26-27,29-30,32-33,35-36,38-39,41-42,45,47,63H,4-6,8-9,11-15,17-18,20-22,25,28,31,34,37,40,43-44,46,48-62H2,1-3H3/b10-7-,19-16-,24-23-,27-26-,30-29-,33-32-,36-35-,39-38-,42-41-,47-45-. The Morgan fingerprint density at radius 2 is 0.542 bits per heavy atom. The summed E-state index contributed by atoms with van der Waals surface area (Å²) in [6, 6.07) is 0. The van der Waals surface area contributed by atoms with Crippen LogP contribution in [0.1, 0.15) is 258 Å². The molecular formula is C66H108O6. The summed E-state index contributed by atoms with van der Waals surface area (Å²) in [7, 11) is 0. The van der Waals surface area contributed by atoms with Gasteiger partial charge in [0.2, 0.25) is 0 Å². The Morgan fingerprint density at radius 1 is 0.292 bits per heavy atom. The van der Waals surface area contributed by atoms with E-state index in [4.69, 9.17) is 14.2 Å². The van der Waals surface area contributed by atoms with Crippen LogP contribution in [0.5, 0.6) is 0 Å². The van der Waals surface area contributed by atoms with Gasteiger partial charge in [0.15, 0.2) is 6.10 Å². The number of carbonyl (C=O) groups excluding carboxylic acids is 3. The first-order valence-electron chi connectivity index (χ1n) is 29.5. The average molecular weight is 998 g/mol. The maximum absolute atomic E-state index is 12.8. The van der Waals surface area contributed by atoms with Crippen LogP contribution in [0.4, 0.5) is 0 Å². The molecule has 0 bridgehead atoms. The van der Waals surface area contributed by atoms with Gasteiger partial charge in [-0.2, -0.15) is 0 Å². The summed E-state index contributed by atoms with van der Waals surface area (Å²) in [5.74, 6) is -0.939. The average Bonchev–Trinajstić information content (AvgIpc) is 3.38. The van der Waals surface area contributed by atoms with Crippen LogP contribution >= 0.6 is 0 Å². The molecule has 0 amide bonds. The number of allylic oxidation sites excluding steroid dienone is 20. The predicted molar refractivity (Wildman–Crippen MR) is 311 cm³/mol. The summed E-state index contributed by atoms with van der Waals surface area (Å²) in [5.41, 5.74) is 0. The molecule has 0 rings (SSSR count). The molecule has 0 spiro atoms. The molecule has 0 saturated heterocycles. The van der Waals surface area contributed by atoms with E-state index >= 15 is 0 Å². The topological polar surface area (TPSA) is 78.9 Å². The lowest BCUT2D eigenvalue weighted by atomic mass is 10.1. The highest BCUT2D eigenvalue weighted by Crippen LogP contribution is 2.15. The lowest BCUT2D eigenvalue weighted by Gasteiger charge is -2.18. The van der Waals surface area contributed by atoms with Crippen molar-refractivity contribution < 1.29 is 28.6 Å². The third-order valence-electron chi connectivity index (χ3n) is 12.2. The molecule has 0 aromatic heterocycles. The third kappa shape index (κ3) is 56.7. The van der Waals surface area contributed by atoms with Crippen LogP contribution in [0.2, 0.25) is 0 Å². The molecule has 0 heterocycles. The van der Waals surface area contributed by atoms with Gasteiger partial charge < -0.3 is 14.2 Å². The second-order valence-electron chi connectivity index (χ2n) is 19.2. The maximum atomic E-state index is 12.8. The molecule has 1 atom stereocenters. The molecule has 408 valence electrons. The van der Waals surface area contributed by atoms with E-state index in [1.807, 2.05) is 0 Å². The highest BCUT2D eigenvalue weighted by Gasteiger charge is 2.19. The molecule has 0 N–H and O–H groups in total. The Morgan fingerprint density at radius 3 is 0.847 bits per heavy atom. The van der Waals surface area contributed by atoms with Crippen LogP contribution in [0.25, 0.3) is 0 Å². The Kier molecular flexibility index (Phi) is 55.9. The number of rotatable bonds is 52. The minimum atomic E-state index is -0.793. The van der Waals surface area contributed by atoms with Gasteiger partial charge in [0, 0.05) is 19.3 Å². The van der Waals surface area contributed by atoms with Crippen molar-refractivity contribution in [2.75, 3.05) is 13.2 Å². The van der Waals surface area contributed by atoms with E-state index in [2.05, 4.69) is 142 Å². The molecule has 6 heteroatoms. The second-order valence-corrected chi connectivity index (χ2v) is 19.2. The fraction of sp³-hybridized carbons (Fsp3) is 0.652. The number of carbonyl (C=O) groups is 3. The zero-order valence-corrected chi connectivity index (χ0v) is 46.7. The molecule has 0 aliphatic rings. The zero-order chi connectivity index (χ0) is 52.2. The Balaban J connectivity index is 4.27. The van der Waals surface area contributed by atoms with Gasteiger partial charge in [-0.1, -0.05) is 264 Å². The minimum Gasteiger partial charge on any atom is -0.462 e. The summed E-state index contributed by atoms with van der Waals surface area (Å²) in [4.78, 5) is 38.0. The largest absolute Gasteiger partial charge is 0.462 e. The fourth-order valence-electron chi connectivity index (χ4n) is 7.82. The van der Waals surface area contributed by atoms with Gasteiger partial charge in [-0.25, -0.2) is 0 Å². The molecular weight excluding hydrogens is 889 g/mol. The Bertz CT molecular complexity index is 1520. The molecule has 0 aliphatic heterocycles. The van der Waals surface area contributed by atoms with Crippen LogP contribution < -0.4 is 0 Å². The predicted octanol–water partition coefficient (Wildman–Crippen LogP) is 20.0. The van der Waals surface area contributed by atoms with E-state index in [9.17, 15) is 14.4 Å². The lowest BCUT2D eigenvalue weighted by molar-refractivity contribution is -0.167. The minimum absolute atomic E-state index is 0.0902. The van der Waals surface area contributed by atoms with Gasteiger partial charge in [-0.3, -0.25) is 14.4 Å². The van der Waals surface area contributed by atoms with Crippen LogP contribution in [0, 0.1) is 0 Å². The molecule has 1 unspecified atom stereocenters. The summed E-state index contributed by atoms with van der Waals surface area (Å²) >= 11 is 0. The SMILES string of the molecule is CC/C=C\C/C=C\C/C=C\C/C=C\C/C=C\C/C=C\C/C=C\C/C=C\C/C=C\C/C=C\CCCCC(=O)OCC(COC(=O)CCCCCCCCCCCC)OC(=O)CCCCCCCCCCCCC. The molecule has 0 fully saturated rings. The van der Waals surface area contributed by atoms with Gasteiger partial charge in [0.25, 0.3) is 0 Å². The highest BCUT2D eigenvalue weighted by atomic mass is 16.6. The van der Waals surface area contributed by atoms with E-state index in [1.54, 1.807) is 0 Å². The van der Waals surface area contributed by atoms with Gasteiger partial charge >= 0.3 is 17.9 Å². The van der Waals surface area contributed by atoms with Crippen molar-refractivity contribution in [1.82, 2.24) is 0 Å². The Hall–Kier alpha value is -4.19. The maximum Gasteiger partial charge on any atom is 0.306 e. The van der Waals surface area contributed by atoms with Crippen LogP contribution in [0.3, 0.4) is 0 Å². The number of unbranched alkanes of at least 4 members (excludes halogenated alkanes) is 21. The van der Waals surface area contributed by atoms with Gasteiger partial charge in [-0.15, -0.1) is 0 Å². The van der Waals surface area contributed by atoms with Crippen LogP contribution in [0.15, 0.2) is 122 Å². The van der Waals surface area contributed by atoms with Gasteiger partial charge in [0.1, 0.15) is 13.2 Å². The van der Waals surface area contributed by atoms with E-state index < -0.39 is 6.10 Å². The van der Waals surface area contributed by atoms with Crippen molar-refractivity contribution in [1.29, 1.82) is 0 Å². The van der Waals surface area contributed by atoms with Crippen molar-refractivity contribution >= 4 is 17.9 Å². The normalized spacial score (nSPS) is 13.0. The first kappa shape index (κ1) is 67.8. The summed E-state index contributed by atoms with van der Waals surface area (Å²) in [6.07, 6.45) is 82.1. The quantitative estimate of drug-likeness (QED) is 0.0261. The van der Waals surface area contributed by atoms with Crippen molar-refractivity contribution in [3.05, 3.63) is 122 Å². The monoisotopic (exact) mass is 997 g/mol. The van der Waals surface area contributed by atoms with Crippen LogP contribution in [-0.4, -0.2) is 37.2 Å². The highest BCUT2D eigenvalue weighted by molar-refractivity contribution is 5.71. The smallest absolute Gasteiger partial charge is 0.306 e. The van der Waals surface area contributed by atoms with Crippen molar-refractivity contribution in [2.24, 2.45) is 0 Å². The molecule has 0 aromatic rings. The van der Waals surface area contributed by atoms with Crippen molar-refractivity contribution in [3.8, 4) is 0 Å². The van der Waals surface area contributed by atoms with Crippen molar-refractivity contribution in [2.45, 2.75) is 264 Å². The number of hydrogen-bond acceptors (Lipinski definition) is 6. The number of ether oxygens (including phenoxy) is 3. The van der Waals surface area contributed by atoms with E-state index in [1.165, 1.54) is 96.3 Å². The summed E-state index contributed by atoms with van der Waals surface area (Å²) in [5, 5.41) is 0. The summed E-state index contributed by atoms with van der Waals surface area (Å²) in [6.45, 7) is 6.46. The zero-order valence-electron chi connectivity index (χ0n) is 46.7. The van der Waals surface area contributed by atoms with E-state index in [-0.39, 0.29) is 31.1 Å². The fourth-order valence-corrected chi connectivity index (χ4v) is 7.82. The van der Waals surface area contributed by atoms with E-state index in [0.717, 1.165) is 122 Å². The number of hydrogen-bond donors (Lipinski definition) is 0. The first-order valence-corrected chi connectivity index (χ1v) is 29.5. The molecule has 0 saturated carbocycles. The van der Waals surface area contributed by atoms with E-state index in [0.29, 0.717) is 19.3 Å². The first-order chi connectivity index (χ1) is 35.5. The molecule has 0 radical (unpaired) electrons. The molecule has 72 heavy (non-hydrogen) atoms. The number of esters is 3. The summed E-state index contributed by atoms with van der Waals surface area (Å²) < 4.78 is 16.8. The van der Waals surface area contributed by atoms with Crippen LogP contribution in [-0.2, 0) is 28.6 Å². The second kappa shape index (κ2) is 59.4. The molecule has 6 nitrogen and oxygen atoms in total. The van der Waals surface area contributed by atoms with Gasteiger partial charge in [-0.05, 0) is 96.3 Å². The van der Waals surface area contributed by atoms with Gasteiger partial charge in [0.05, 0.1) is 0 Å². The third-order valence-corrected chi connectivity index (χ3v) is 12.2.